The first-order chi connectivity index (χ1) is 15.4. The molecule has 0 unspecified atom stereocenters. The first-order valence-corrected chi connectivity index (χ1v) is 11.4. The quantitative estimate of drug-likeness (QED) is 0.309. The normalized spacial score (nSPS) is 10.6. The molecule has 0 aliphatic rings. The topological polar surface area (TPSA) is 88.9 Å². The summed E-state index contributed by atoms with van der Waals surface area (Å²) in [6.07, 6.45) is 1.68. The number of allylic oxidation sites excluding steroid dienone is 1. The Balaban J connectivity index is 1.63. The number of halogens is 3. The molecule has 32 heavy (non-hydrogen) atoms. The van der Waals surface area contributed by atoms with Crippen molar-refractivity contribution in [2.45, 2.75) is 18.2 Å². The lowest BCUT2D eigenvalue weighted by atomic mass is 10.2. The number of carbonyl (C=O) groups is 2. The molecule has 0 aliphatic heterocycles. The number of rotatable bonds is 9. The van der Waals surface area contributed by atoms with Crippen molar-refractivity contribution in [1.82, 2.24) is 20.1 Å². The Bertz CT molecular complexity index is 1150. The molecule has 0 aliphatic carbocycles. The van der Waals surface area contributed by atoms with Gasteiger partial charge in [0, 0.05) is 11.6 Å². The number of hydrogen-bond donors (Lipinski definition) is 2. The molecule has 0 radical (unpaired) electrons. The maximum atomic E-state index is 12.4. The molecule has 2 N–H and O–H groups in total. The van der Waals surface area contributed by atoms with Crippen LogP contribution in [-0.2, 0) is 17.9 Å². The summed E-state index contributed by atoms with van der Waals surface area (Å²) in [6, 6.07) is 11.6. The SMILES string of the molecule is C=CCn1c(CNC(=O)c2ccccc2Cl)nnc1SCC(=O)Nc1cc(Cl)ccc1Cl. The van der Waals surface area contributed by atoms with E-state index in [2.05, 4.69) is 27.4 Å². The van der Waals surface area contributed by atoms with Crippen LogP contribution in [0.3, 0.4) is 0 Å². The van der Waals surface area contributed by atoms with E-state index in [4.69, 9.17) is 34.8 Å². The third-order valence-electron chi connectivity index (χ3n) is 4.17. The fraction of sp³-hybridized carbons (Fsp3) is 0.143. The summed E-state index contributed by atoms with van der Waals surface area (Å²) in [5, 5.41) is 15.5. The smallest absolute Gasteiger partial charge is 0.253 e. The number of amides is 2. The summed E-state index contributed by atoms with van der Waals surface area (Å²) < 4.78 is 1.77. The Hall–Kier alpha value is -2.52. The lowest BCUT2D eigenvalue weighted by Crippen LogP contribution is -2.25. The first-order valence-electron chi connectivity index (χ1n) is 9.32. The third-order valence-corrected chi connectivity index (χ3v) is 6.03. The van der Waals surface area contributed by atoms with Crippen LogP contribution in [0.1, 0.15) is 16.2 Å². The monoisotopic (exact) mass is 509 g/mol. The summed E-state index contributed by atoms with van der Waals surface area (Å²) in [5.41, 5.74) is 0.801. The minimum absolute atomic E-state index is 0.0735. The Morgan fingerprint density at radius 1 is 1.09 bits per heavy atom. The lowest BCUT2D eigenvalue weighted by Gasteiger charge is -2.10. The molecule has 1 aromatic heterocycles. The maximum Gasteiger partial charge on any atom is 0.253 e. The van der Waals surface area contributed by atoms with Gasteiger partial charge in [-0.25, -0.2) is 0 Å². The van der Waals surface area contributed by atoms with Gasteiger partial charge >= 0.3 is 0 Å². The average molecular weight is 511 g/mol. The Morgan fingerprint density at radius 3 is 2.62 bits per heavy atom. The van der Waals surface area contributed by atoms with Gasteiger partial charge in [-0.1, -0.05) is 64.8 Å². The van der Waals surface area contributed by atoms with Crippen LogP contribution in [0.25, 0.3) is 0 Å². The van der Waals surface area contributed by atoms with Crippen LogP contribution in [0.2, 0.25) is 15.1 Å². The number of hydrogen-bond acceptors (Lipinski definition) is 5. The van der Waals surface area contributed by atoms with E-state index >= 15 is 0 Å². The Labute approximate surface area is 204 Å². The van der Waals surface area contributed by atoms with Crippen molar-refractivity contribution >= 4 is 64.1 Å². The first kappa shape index (κ1) is 24.1. The van der Waals surface area contributed by atoms with Gasteiger partial charge in [-0.3, -0.25) is 9.59 Å². The van der Waals surface area contributed by atoms with E-state index in [1.54, 1.807) is 53.1 Å². The molecule has 2 aromatic carbocycles. The second kappa shape index (κ2) is 11.4. The summed E-state index contributed by atoms with van der Waals surface area (Å²) >= 11 is 19.3. The largest absolute Gasteiger partial charge is 0.345 e. The predicted molar refractivity (Wildman–Crippen MR) is 129 cm³/mol. The van der Waals surface area contributed by atoms with Gasteiger partial charge in [-0.05, 0) is 30.3 Å². The Kier molecular flexibility index (Phi) is 8.58. The third kappa shape index (κ3) is 6.26. The number of anilines is 1. The second-order valence-electron chi connectivity index (χ2n) is 6.42. The number of benzene rings is 2. The standard InChI is InChI=1S/C21H18Cl3N5O2S/c1-2-9-29-18(11-25-20(31)14-5-3-4-6-15(14)23)27-28-21(29)32-12-19(30)26-17-10-13(22)7-8-16(17)24/h2-8,10H,1,9,11-12H2,(H,25,31)(H,26,30). The molecule has 7 nitrogen and oxygen atoms in total. The van der Waals surface area contributed by atoms with Crippen molar-refractivity contribution in [1.29, 1.82) is 0 Å². The van der Waals surface area contributed by atoms with E-state index in [1.165, 1.54) is 11.8 Å². The molecule has 0 spiro atoms. The van der Waals surface area contributed by atoms with Crippen LogP contribution < -0.4 is 10.6 Å². The van der Waals surface area contributed by atoms with Crippen molar-refractivity contribution in [2.24, 2.45) is 0 Å². The van der Waals surface area contributed by atoms with E-state index in [9.17, 15) is 9.59 Å². The van der Waals surface area contributed by atoms with Gasteiger partial charge in [0.1, 0.15) is 0 Å². The van der Waals surface area contributed by atoms with Crippen LogP contribution in [-0.4, -0.2) is 32.3 Å². The van der Waals surface area contributed by atoms with Crippen LogP contribution in [0.5, 0.6) is 0 Å². The van der Waals surface area contributed by atoms with Crippen LogP contribution in [0, 0.1) is 0 Å². The van der Waals surface area contributed by atoms with E-state index in [1.807, 2.05) is 0 Å². The number of thioether (sulfide) groups is 1. The van der Waals surface area contributed by atoms with Crippen molar-refractivity contribution in [3.63, 3.8) is 0 Å². The summed E-state index contributed by atoms with van der Waals surface area (Å²) in [4.78, 5) is 24.8. The van der Waals surface area contributed by atoms with Crippen LogP contribution >= 0.6 is 46.6 Å². The average Bonchev–Trinajstić information content (AvgIpc) is 3.15. The molecule has 1 heterocycles. The molecule has 0 bridgehead atoms. The zero-order valence-electron chi connectivity index (χ0n) is 16.6. The van der Waals surface area contributed by atoms with Crippen molar-refractivity contribution in [3.8, 4) is 0 Å². The number of nitrogens with zero attached hydrogens (tertiary/aromatic N) is 3. The molecular formula is C21H18Cl3N5O2S. The highest BCUT2D eigenvalue weighted by atomic mass is 35.5. The molecule has 166 valence electrons. The van der Waals surface area contributed by atoms with Gasteiger partial charge in [-0.2, -0.15) is 0 Å². The molecule has 0 fully saturated rings. The van der Waals surface area contributed by atoms with Gasteiger partial charge in [0.2, 0.25) is 5.91 Å². The minimum atomic E-state index is -0.323. The molecular weight excluding hydrogens is 493 g/mol. The zero-order valence-corrected chi connectivity index (χ0v) is 19.7. The molecule has 0 saturated heterocycles. The van der Waals surface area contributed by atoms with Gasteiger partial charge < -0.3 is 15.2 Å². The van der Waals surface area contributed by atoms with Gasteiger partial charge in [0.15, 0.2) is 11.0 Å². The van der Waals surface area contributed by atoms with E-state index in [-0.39, 0.29) is 24.1 Å². The van der Waals surface area contributed by atoms with Crippen LogP contribution in [0.4, 0.5) is 5.69 Å². The minimum Gasteiger partial charge on any atom is -0.345 e. The van der Waals surface area contributed by atoms with Crippen molar-refractivity contribution in [3.05, 3.63) is 81.6 Å². The molecule has 0 atom stereocenters. The van der Waals surface area contributed by atoms with Crippen LogP contribution in [0.15, 0.2) is 60.3 Å². The molecule has 0 saturated carbocycles. The highest BCUT2D eigenvalue weighted by molar-refractivity contribution is 7.99. The number of carbonyl (C=O) groups excluding carboxylic acids is 2. The Morgan fingerprint density at radius 2 is 1.88 bits per heavy atom. The highest BCUT2D eigenvalue weighted by Gasteiger charge is 2.16. The molecule has 11 heteroatoms. The summed E-state index contributed by atoms with van der Waals surface area (Å²) in [7, 11) is 0. The van der Waals surface area contributed by atoms with E-state index in [0.29, 0.717) is 43.8 Å². The fourth-order valence-electron chi connectivity index (χ4n) is 2.68. The number of nitrogens with one attached hydrogen (secondary N) is 2. The predicted octanol–water partition coefficient (Wildman–Crippen LogP) is 5.09. The van der Waals surface area contributed by atoms with Gasteiger partial charge in [0.05, 0.1) is 33.6 Å². The molecule has 2 amide bonds. The van der Waals surface area contributed by atoms with E-state index < -0.39 is 0 Å². The number of aromatic nitrogens is 3. The second-order valence-corrected chi connectivity index (χ2v) is 8.61. The zero-order chi connectivity index (χ0) is 23.1. The van der Waals surface area contributed by atoms with Crippen molar-refractivity contribution < 1.29 is 9.59 Å². The highest BCUT2D eigenvalue weighted by Crippen LogP contribution is 2.26. The summed E-state index contributed by atoms with van der Waals surface area (Å²) in [6.45, 7) is 4.29. The summed E-state index contributed by atoms with van der Waals surface area (Å²) in [5.74, 6) is -0.00730. The van der Waals surface area contributed by atoms with E-state index in [0.717, 1.165) is 0 Å². The maximum absolute atomic E-state index is 12.4. The molecule has 3 aromatic rings. The fourth-order valence-corrected chi connectivity index (χ4v) is 4.00. The van der Waals surface area contributed by atoms with Gasteiger partial charge in [0.25, 0.3) is 5.91 Å². The van der Waals surface area contributed by atoms with Gasteiger partial charge in [-0.15, -0.1) is 16.8 Å². The lowest BCUT2D eigenvalue weighted by molar-refractivity contribution is -0.113. The van der Waals surface area contributed by atoms with Crippen molar-refractivity contribution in [2.75, 3.05) is 11.1 Å². The molecule has 3 rings (SSSR count).